The summed E-state index contributed by atoms with van der Waals surface area (Å²) < 4.78 is 0. The number of thiophene rings is 1. The van der Waals surface area contributed by atoms with Gasteiger partial charge in [-0.25, -0.2) is 0 Å². The van der Waals surface area contributed by atoms with E-state index in [9.17, 15) is 4.79 Å². The van der Waals surface area contributed by atoms with Crippen LogP contribution < -0.4 is 10.2 Å². The van der Waals surface area contributed by atoms with Gasteiger partial charge in [-0.3, -0.25) is 4.79 Å². The molecular formula is C22H29N2OS+. The number of rotatable bonds is 4. The molecule has 138 valence electrons. The van der Waals surface area contributed by atoms with E-state index in [-0.39, 0.29) is 5.91 Å². The smallest absolute Gasteiger partial charge is 0.256 e. The molecule has 2 aliphatic rings. The third-order valence-corrected chi connectivity index (χ3v) is 7.03. The second-order valence-corrected chi connectivity index (χ2v) is 8.78. The minimum Gasteiger partial charge on any atom is -0.331 e. The molecule has 1 aliphatic carbocycles. The molecule has 0 unspecified atom stereocenters. The number of likely N-dealkylation sites (tertiary alicyclic amines) is 1. The highest BCUT2D eigenvalue weighted by molar-refractivity contribution is 7.16. The van der Waals surface area contributed by atoms with Crippen molar-refractivity contribution in [3.63, 3.8) is 0 Å². The molecule has 4 heteroatoms. The number of fused-ring (bicyclic) bond motifs is 1. The Balaban J connectivity index is 1.58. The standard InChI is InChI=1S/C22H28N2OS/c25-21(17-10-4-3-5-11-17)23-22-19(16-24-14-8-1-2-9-15-24)18-12-6-7-13-20(18)26-22/h3-5,10-11H,1-2,6-9,12-16H2,(H,23,25)/p+1. The van der Waals surface area contributed by atoms with Crippen molar-refractivity contribution < 1.29 is 9.69 Å². The van der Waals surface area contributed by atoms with Crippen LogP contribution in [0.15, 0.2) is 30.3 Å². The maximum Gasteiger partial charge on any atom is 0.256 e. The first kappa shape index (κ1) is 17.7. The summed E-state index contributed by atoms with van der Waals surface area (Å²) in [6.07, 6.45) is 10.4. The van der Waals surface area contributed by atoms with Gasteiger partial charge >= 0.3 is 0 Å². The average Bonchev–Trinajstić information content (AvgIpc) is 2.84. The van der Waals surface area contributed by atoms with E-state index in [1.165, 1.54) is 74.9 Å². The number of aryl methyl sites for hydroxylation is 1. The molecule has 1 aromatic heterocycles. The molecule has 1 fully saturated rings. The van der Waals surface area contributed by atoms with Crippen molar-refractivity contribution in [1.29, 1.82) is 0 Å². The first-order valence-corrected chi connectivity index (χ1v) is 11.0. The van der Waals surface area contributed by atoms with E-state index < -0.39 is 0 Å². The van der Waals surface area contributed by atoms with E-state index in [1.54, 1.807) is 10.5 Å². The Morgan fingerprint density at radius 3 is 2.46 bits per heavy atom. The average molecular weight is 370 g/mol. The maximum absolute atomic E-state index is 12.7. The highest BCUT2D eigenvalue weighted by Crippen LogP contribution is 2.38. The third-order valence-electron chi connectivity index (χ3n) is 5.78. The topological polar surface area (TPSA) is 33.5 Å². The molecule has 0 atom stereocenters. The first-order chi connectivity index (χ1) is 12.8. The van der Waals surface area contributed by atoms with Gasteiger partial charge in [0.2, 0.25) is 0 Å². The molecular weight excluding hydrogens is 340 g/mol. The molecule has 0 spiro atoms. The van der Waals surface area contributed by atoms with Crippen LogP contribution in [0.2, 0.25) is 0 Å². The SMILES string of the molecule is O=C(Nc1sc2c(c1C[NH+]1CCCCCC1)CCCC2)c1ccccc1. The number of carbonyl (C=O) groups is 1. The molecule has 4 rings (SSSR count). The largest absolute Gasteiger partial charge is 0.331 e. The number of amides is 1. The van der Waals surface area contributed by atoms with Gasteiger partial charge in [0.1, 0.15) is 11.5 Å². The van der Waals surface area contributed by atoms with Crippen LogP contribution in [0.4, 0.5) is 5.00 Å². The van der Waals surface area contributed by atoms with Crippen LogP contribution in [-0.4, -0.2) is 19.0 Å². The van der Waals surface area contributed by atoms with Crippen molar-refractivity contribution >= 4 is 22.2 Å². The van der Waals surface area contributed by atoms with Crippen LogP contribution in [0.1, 0.15) is 64.9 Å². The maximum atomic E-state index is 12.7. The lowest BCUT2D eigenvalue weighted by Gasteiger charge is -2.20. The fraction of sp³-hybridized carbons (Fsp3) is 0.500. The summed E-state index contributed by atoms with van der Waals surface area (Å²) in [5.41, 5.74) is 3.74. The first-order valence-electron chi connectivity index (χ1n) is 10.1. The summed E-state index contributed by atoms with van der Waals surface area (Å²) in [7, 11) is 0. The molecule has 3 nitrogen and oxygen atoms in total. The zero-order chi connectivity index (χ0) is 17.8. The third kappa shape index (κ3) is 4.02. The number of anilines is 1. The van der Waals surface area contributed by atoms with E-state index >= 15 is 0 Å². The minimum absolute atomic E-state index is 0.0244. The van der Waals surface area contributed by atoms with Gasteiger partial charge in [-0.15, -0.1) is 11.3 Å². The molecule has 1 aromatic carbocycles. The normalized spacial score (nSPS) is 18.2. The molecule has 1 amide bonds. The summed E-state index contributed by atoms with van der Waals surface area (Å²) in [5.74, 6) is 0.0244. The van der Waals surface area contributed by atoms with Gasteiger partial charge in [0.25, 0.3) is 5.91 Å². The molecule has 1 aliphatic heterocycles. The zero-order valence-corrected chi connectivity index (χ0v) is 16.3. The van der Waals surface area contributed by atoms with E-state index in [4.69, 9.17) is 0 Å². The lowest BCUT2D eigenvalue weighted by Crippen LogP contribution is -3.10. The Kier molecular flexibility index (Phi) is 5.71. The molecule has 0 saturated carbocycles. The van der Waals surface area contributed by atoms with Crippen LogP contribution in [0, 0.1) is 0 Å². The van der Waals surface area contributed by atoms with Crippen LogP contribution in [0.25, 0.3) is 0 Å². The van der Waals surface area contributed by atoms with Gasteiger partial charge in [0.15, 0.2) is 0 Å². The summed E-state index contributed by atoms with van der Waals surface area (Å²) in [5, 5.41) is 4.37. The van der Waals surface area contributed by atoms with E-state index in [2.05, 4.69) is 5.32 Å². The number of hydrogen-bond acceptors (Lipinski definition) is 2. The predicted molar refractivity (Wildman–Crippen MR) is 108 cm³/mol. The highest BCUT2D eigenvalue weighted by atomic mass is 32.1. The summed E-state index contributed by atoms with van der Waals surface area (Å²) >= 11 is 1.83. The van der Waals surface area contributed by atoms with Crippen molar-refractivity contribution in [3.8, 4) is 0 Å². The Bertz CT molecular complexity index is 745. The number of carbonyl (C=O) groups excluding carboxylic acids is 1. The predicted octanol–water partition coefficient (Wildman–Crippen LogP) is 3.84. The zero-order valence-electron chi connectivity index (χ0n) is 15.5. The molecule has 0 bridgehead atoms. The van der Waals surface area contributed by atoms with Crippen molar-refractivity contribution in [2.75, 3.05) is 18.4 Å². The molecule has 2 aromatic rings. The lowest BCUT2D eigenvalue weighted by molar-refractivity contribution is -0.913. The molecule has 0 radical (unpaired) electrons. The fourth-order valence-corrected chi connectivity index (χ4v) is 5.64. The molecule has 1 saturated heterocycles. The molecule has 2 N–H and O–H groups in total. The van der Waals surface area contributed by atoms with Crippen molar-refractivity contribution in [3.05, 3.63) is 51.9 Å². The van der Waals surface area contributed by atoms with E-state index in [0.29, 0.717) is 0 Å². The quantitative estimate of drug-likeness (QED) is 0.843. The Morgan fingerprint density at radius 2 is 1.69 bits per heavy atom. The highest BCUT2D eigenvalue weighted by Gasteiger charge is 2.25. The molecule has 2 heterocycles. The number of quaternary nitrogens is 1. The minimum atomic E-state index is 0.0244. The van der Waals surface area contributed by atoms with E-state index in [1.807, 2.05) is 41.7 Å². The Hall–Kier alpha value is -1.65. The van der Waals surface area contributed by atoms with Gasteiger partial charge in [0, 0.05) is 16.0 Å². The Labute approximate surface area is 160 Å². The van der Waals surface area contributed by atoms with Crippen molar-refractivity contribution in [2.24, 2.45) is 0 Å². The van der Waals surface area contributed by atoms with Crippen LogP contribution in [0.3, 0.4) is 0 Å². The summed E-state index contributed by atoms with van der Waals surface area (Å²) in [4.78, 5) is 15.9. The van der Waals surface area contributed by atoms with Crippen LogP contribution in [-0.2, 0) is 19.4 Å². The second-order valence-electron chi connectivity index (χ2n) is 7.68. The number of hydrogen-bond donors (Lipinski definition) is 2. The van der Waals surface area contributed by atoms with Crippen LogP contribution >= 0.6 is 11.3 Å². The van der Waals surface area contributed by atoms with Gasteiger partial charge < -0.3 is 10.2 Å². The fourth-order valence-electron chi connectivity index (χ4n) is 4.34. The van der Waals surface area contributed by atoms with Gasteiger partial charge in [-0.05, 0) is 69.1 Å². The van der Waals surface area contributed by atoms with E-state index in [0.717, 1.165) is 17.1 Å². The van der Waals surface area contributed by atoms with Gasteiger partial charge in [0.05, 0.1) is 13.1 Å². The lowest BCUT2D eigenvalue weighted by atomic mass is 9.95. The monoisotopic (exact) mass is 369 g/mol. The summed E-state index contributed by atoms with van der Waals surface area (Å²) in [6, 6.07) is 9.59. The molecule has 26 heavy (non-hydrogen) atoms. The number of nitrogens with one attached hydrogen (secondary N) is 2. The van der Waals surface area contributed by atoms with Gasteiger partial charge in [-0.1, -0.05) is 18.2 Å². The number of benzene rings is 1. The Morgan fingerprint density at radius 1 is 0.962 bits per heavy atom. The van der Waals surface area contributed by atoms with Crippen molar-refractivity contribution in [1.82, 2.24) is 0 Å². The van der Waals surface area contributed by atoms with Crippen LogP contribution in [0.5, 0.6) is 0 Å². The van der Waals surface area contributed by atoms with Crippen molar-refractivity contribution in [2.45, 2.75) is 57.9 Å². The summed E-state index contributed by atoms with van der Waals surface area (Å²) in [6.45, 7) is 3.63. The second kappa shape index (κ2) is 8.36. The van der Waals surface area contributed by atoms with Gasteiger partial charge in [-0.2, -0.15) is 0 Å².